The normalized spacial score (nSPS) is 11.9. The molecule has 0 saturated carbocycles. The van der Waals surface area contributed by atoms with Gasteiger partial charge in [-0.05, 0) is 80.8 Å². The van der Waals surface area contributed by atoms with Gasteiger partial charge in [-0.1, -0.05) is 78.7 Å². The molecule has 0 aliphatic rings. The fraction of sp³-hybridized carbons (Fsp3) is 0.171. The third kappa shape index (κ3) is 8.44. The zero-order valence-corrected chi connectivity index (χ0v) is 25.0. The number of carbonyl (C=O) groups is 3. The zero-order chi connectivity index (χ0) is 30.1. The molecule has 7 heteroatoms. The van der Waals surface area contributed by atoms with Gasteiger partial charge in [0.1, 0.15) is 5.70 Å². The molecule has 1 unspecified atom stereocenters. The summed E-state index contributed by atoms with van der Waals surface area (Å²) in [7, 11) is 0. The monoisotopic (exact) mass is 577 g/mol. The summed E-state index contributed by atoms with van der Waals surface area (Å²) in [5.74, 6) is -0.911. The Morgan fingerprint density at radius 3 is 2.19 bits per heavy atom. The number of carbonyl (C=O) groups excluding carboxylic acids is 3. The summed E-state index contributed by atoms with van der Waals surface area (Å²) in [6.07, 6.45) is 2.28. The van der Waals surface area contributed by atoms with Crippen LogP contribution >= 0.6 is 11.8 Å². The van der Waals surface area contributed by atoms with Crippen molar-refractivity contribution in [2.45, 2.75) is 44.3 Å². The summed E-state index contributed by atoms with van der Waals surface area (Å²) >= 11 is 1.44. The van der Waals surface area contributed by atoms with Gasteiger partial charge in [0.2, 0.25) is 5.91 Å². The Labute approximate surface area is 251 Å². The molecule has 3 amide bonds. The van der Waals surface area contributed by atoms with Crippen molar-refractivity contribution in [2.24, 2.45) is 0 Å². The van der Waals surface area contributed by atoms with Gasteiger partial charge >= 0.3 is 0 Å². The average Bonchev–Trinajstić information content (AvgIpc) is 2.98. The molecule has 4 aromatic carbocycles. The summed E-state index contributed by atoms with van der Waals surface area (Å²) in [5, 5.41) is 8.41. The van der Waals surface area contributed by atoms with Gasteiger partial charge < -0.3 is 16.0 Å². The molecule has 3 N–H and O–H groups in total. The second kappa shape index (κ2) is 14.3. The van der Waals surface area contributed by atoms with Gasteiger partial charge in [0, 0.05) is 21.8 Å². The molecule has 0 heterocycles. The van der Waals surface area contributed by atoms with Crippen LogP contribution in [0.4, 0.5) is 11.4 Å². The van der Waals surface area contributed by atoms with Crippen LogP contribution in [0.3, 0.4) is 0 Å². The van der Waals surface area contributed by atoms with Gasteiger partial charge in [0.05, 0.1) is 5.25 Å². The molecule has 42 heavy (non-hydrogen) atoms. The number of anilines is 2. The molecule has 0 aliphatic carbocycles. The van der Waals surface area contributed by atoms with Crippen LogP contribution in [0, 0.1) is 20.8 Å². The first-order valence-corrected chi connectivity index (χ1v) is 14.7. The minimum Gasteiger partial charge on any atom is -0.325 e. The van der Waals surface area contributed by atoms with Crippen LogP contribution < -0.4 is 16.0 Å². The number of hydrogen-bond acceptors (Lipinski definition) is 4. The lowest BCUT2D eigenvalue weighted by Gasteiger charge is -2.17. The summed E-state index contributed by atoms with van der Waals surface area (Å²) < 4.78 is 0. The van der Waals surface area contributed by atoms with Gasteiger partial charge in [-0.3, -0.25) is 14.4 Å². The average molecular weight is 578 g/mol. The second-order valence-corrected chi connectivity index (χ2v) is 11.4. The van der Waals surface area contributed by atoms with E-state index < -0.39 is 5.91 Å². The Bertz CT molecular complexity index is 1600. The molecule has 214 valence electrons. The molecule has 0 fully saturated rings. The minimum absolute atomic E-state index is 0.0733. The number of rotatable bonds is 10. The fourth-order valence-electron chi connectivity index (χ4n) is 4.27. The second-order valence-electron chi connectivity index (χ2n) is 10.1. The van der Waals surface area contributed by atoms with Gasteiger partial charge in [0.15, 0.2) is 0 Å². The molecule has 0 radical (unpaired) electrons. The molecule has 4 rings (SSSR count). The first kappa shape index (κ1) is 30.3. The van der Waals surface area contributed by atoms with Gasteiger partial charge in [0.25, 0.3) is 11.8 Å². The molecule has 0 aromatic heterocycles. The predicted octanol–water partition coefficient (Wildman–Crippen LogP) is 7.53. The predicted molar refractivity (Wildman–Crippen MR) is 173 cm³/mol. The molecule has 0 spiro atoms. The van der Waals surface area contributed by atoms with Crippen LogP contribution in [0.25, 0.3) is 6.08 Å². The van der Waals surface area contributed by atoms with E-state index >= 15 is 0 Å². The third-order valence-electron chi connectivity index (χ3n) is 6.59. The number of thioether (sulfide) groups is 1. The topological polar surface area (TPSA) is 87.3 Å². The molecule has 6 nitrogen and oxygen atoms in total. The third-order valence-corrected chi connectivity index (χ3v) is 7.95. The Morgan fingerprint density at radius 2 is 1.50 bits per heavy atom. The van der Waals surface area contributed by atoms with Crippen molar-refractivity contribution in [3.05, 3.63) is 131 Å². The Morgan fingerprint density at radius 1 is 0.786 bits per heavy atom. The van der Waals surface area contributed by atoms with E-state index in [1.807, 2.05) is 94.4 Å². The van der Waals surface area contributed by atoms with E-state index in [9.17, 15) is 14.4 Å². The van der Waals surface area contributed by atoms with E-state index in [4.69, 9.17) is 0 Å². The summed E-state index contributed by atoms with van der Waals surface area (Å²) in [6, 6.07) is 29.7. The van der Waals surface area contributed by atoms with E-state index in [0.29, 0.717) is 17.7 Å². The van der Waals surface area contributed by atoms with Gasteiger partial charge in [-0.2, -0.15) is 0 Å². The molecule has 0 aliphatic heterocycles. The first-order chi connectivity index (χ1) is 20.2. The van der Waals surface area contributed by atoms with Crippen molar-refractivity contribution in [3.63, 3.8) is 0 Å². The SMILES string of the molecule is CCC(Sc1cccc(NC(=O)/C(=C\c2ccc(C)cc2)NC(=O)c2ccccc2)c1)C(=O)Nc1ccc(C)cc1C. The highest BCUT2D eigenvalue weighted by molar-refractivity contribution is 8.00. The van der Waals surface area contributed by atoms with Crippen molar-refractivity contribution >= 4 is 46.9 Å². The summed E-state index contributed by atoms with van der Waals surface area (Å²) in [6.45, 7) is 7.96. The molecule has 0 bridgehead atoms. The molecular weight excluding hydrogens is 542 g/mol. The highest BCUT2D eigenvalue weighted by Gasteiger charge is 2.20. The number of nitrogens with one attached hydrogen (secondary N) is 3. The molecule has 1 atom stereocenters. The number of hydrogen-bond donors (Lipinski definition) is 3. The fourth-order valence-corrected chi connectivity index (χ4v) is 5.28. The van der Waals surface area contributed by atoms with Gasteiger partial charge in [-0.25, -0.2) is 0 Å². The molecule has 0 saturated heterocycles. The lowest BCUT2D eigenvalue weighted by Crippen LogP contribution is -2.30. The zero-order valence-electron chi connectivity index (χ0n) is 24.2. The summed E-state index contributed by atoms with van der Waals surface area (Å²) in [5.41, 5.74) is 5.95. The van der Waals surface area contributed by atoms with E-state index in [1.165, 1.54) is 11.8 Å². The van der Waals surface area contributed by atoms with Crippen LogP contribution in [0.5, 0.6) is 0 Å². The quantitative estimate of drug-likeness (QED) is 0.134. The van der Waals surface area contributed by atoms with E-state index in [1.54, 1.807) is 36.4 Å². The van der Waals surface area contributed by atoms with Crippen molar-refractivity contribution in [1.82, 2.24) is 5.32 Å². The van der Waals surface area contributed by atoms with Crippen LogP contribution in [0.1, 0.15) is 46.0 Å². The van der Waals surface area contributed by atoms with Crippen molar-refractivity contribution in [1.29, 1.82) is 0 Å². The number of amides is 3. The smallest absolute Gasteiger partial charge is 0.272 e. The van der Waals surface area contributed by atoms with Crippen molar-refractivity contribution in [2.75, 3.05) is 10.6 Å². The lowest BCUT2D eigenvalue weighted by atomic mass is 10.1. The van der Waals surface area contributed by atoms with Crippen LogP contribution in [-0.4, -0.2) is 23.0 Å². The number of benzene rings is 4. The molecule has 4 aromatic rings. The van der Waals surface area contributed by atoms with Crippen molar-refractivity contribution in [3.8, 4) is 0 Å². The van der Waals surface area contributed by atoms with Crippen LogP contribution in [-0.2, 0) is 9.59 Å². The van der Waals surface area contributed by atoms with Crippen LogP contribution in [0.2, 0.25) is 0 Å². The van der Waals surface area contributed by atoms with E-state index in [0.717, 1.165) is 32.8 Å². The van der Waals surface area contributed by atoms with Crippen LogP contribution in [0.15, 0.2) is 108 Å². The maximum atomic E-state index is 13.4. The van der Waals surface area contributed by atoms with Crippen molar-refractivity contribution < 1.29 is 14.4 Å². The largest absolute Gasteiger partial charge is 0.325 e. The number of aryl methyl sites for hydroxylation is 3. The lowest BCUT2D eigenvalue weighted by molar-refractivity contribution is -0.116. The Hall–Kier alpha value is -4.62. The van der Waals surface area contributed by atoms with E-state index in [-0.39, 0.29) is 22.8 Å². The Kier molecular flexibility index (Phi) is 10.3. The van der Waals surface area contributed by atoms with Gasteiger partial charge in [-0.15, -0.1) is 11.8 Å². The highest BCUT2D eigenvalue weighted by Crippen LogP contribution is 2.29. The Balaban J connectivity index is 1.50. The summed E-state index contributed by atoms with van der Waals surface area (Å²) in [4.78, 5) is 40.3. The highest BCUT2D eigenvalue weighted by atomic mass is 32.2. The minimum atomic E-state index is -0.457. The first-order valence-electron chi connectivity index (χ1n) is 13.8. The molecular formula is C35H35N3O3S. The standard InChI is InChI=1S/C35H35N3O3S/c1-5-32(35(41)37-30-19-16-24(3)20-25(30)4)42-29-13-9-12-28(22-29)36-34(40)31(21-26-17-14-23(2)15-18-26)38-33(39)27-10-7-6-8-11-27/h6-22,32H,5H2,1-4H3,(H,36,40)(H,37,41)(H,38,39)/b31-21+. The maximum Gasteiger partial charge on any atom is 0.272 e. The maximum absolute atomic E-state index is 13.4. The van der Waals surface area contributed by atoms with E-state index in [2.05, 4.69) is 16.0 Å².